The second-order valence-electron chi connectivity index (χ2n) is 5.44. The highest BCUT2D eigenvalue weighted by Gasteiger charge is 2.22. The first-order valence-electron chi connectivity index (χ1n) is 7.25. The third kappa shape index (κ3) is 3.28. The third-order valence-corrected chi connectivity index (χ3v) is 5.65. The maximum atomic E-state index is 12.2. The number of para-hydroxylation sites is 1. The number of sulfonamides is 1. The molecule has 2 heterocycles. The predicted octanol–water partition coefficient (Wildman–Crippen LogP) is 3.02. The molecule has 7 nitrogen and oxygen atoms in total. The fourth-order valence-electron chi connectivity index (χ4n) is 2.21. The Labute approximate surface area is 149 Å². The molecule has 0 aliphatic carbocycles. The first kappa shape index (κ1) is 17.5. The van der Waals surface area contributed by atoms with Crippen molar-refractivity contribution in [3.8, 4) is 0 Å². The summed E-state index contributed by atoms with van der Waals surface area (Å²) < 4.78 is 35.3. The third-order valence-electron chi connectivity index (χ3n) is 3.56. The predicted molar refractivity (Wildman–Crippen MR) is 92.0 cm³/mol. The van der Waals surface area contributed by atoms with Crippen LogP contribution in [0.2, 0.25) is 5.02 Å². The standard InChI is InChI=1S/C16H15ClN2O5S/c1-19(2)25(21,22)13-8-7-10(24-13)9-23-16(20)15-14(17)11-5-3-4-6-12(11)18-15/h3-8,18H,9H2,1-2H3. The average molecular weight is 383 g/mol. The van der Waals surface area contributed by atoms with E-state index in [2.05, 4.69) is 4.98 Å². The SMILES string of the molecule is CN(C)S(=O)(=O)c1ccc(COC(=O)c2[nH]c3ccccc3c2Cl)o1. The number of carbonyl (C=O) groups excluding carboxylic acids is 1. The smallest absolute Gasteiger partial charge is 0.356 e. The molecule has 0 saturated heterocycles. The minimum atomic E-state index is -3.67. The summed E-state index contributed by atoms with van der Waals surface area (Å²) in [6.45, 7) is -0.215. The minimum Gasteiger partial charge on any atom is -0.453 e. The number of halogens is 1. The van der Waals surface area contributed by atoms with Crippen LogP contribution in [0.4, 0.5) is 0 Å². The Morgan fingerprint density at radius 1 is 1.24 bits per heavy atom. The number of H-pyrrole nitrogens is 1. The summed E-state index contributed by atoms with van der Waals surface area (Å²) in [4.78, 5) is 15.1. The largest absolute Gasteiger partial charge is 0.453 e. The Bertz CT molecular complexity index is 1040. The molecule has 0 bridgehead atoms. The molecule has 0 spiro atoms. The Hall–Kier alpha value is -2.29. The van der Waals surface area contributed by atoms with Crippen LogP contribution in [0.5, 0.6) is 0 Å². The topological polar surface area (TPSA) is 92.6 Å². The molecule has 25 heavy (non-hydrogen) atoms. The zero-order valence-corrected chi connectivity index (χ0v) is 15.0. The van der Waals surface area contributed by atoms with E-state index in [1.807, 2.05) is 12.1 Å². The lowest BCUT2D eigenvalue weighted by Gasteiger charge is -2.07. The van der Waals surface area contributed by atoms with Gasteiger partial charge in [-0.15, -0.1) is 0 Å². The number of hydrogen-bond acceptors (Lipinski definition) is 5. The van der Waals surface area contributed by atoms with Crippen LogP contribution < -0.4 is 0 Å². The molecule has 0 aliphatic heterocycles. The van der Waals surface area contributed by atoms with E-state index in [0.717, 1.165) is 9.82 Å². The van der Waals surface area contributed by atoms with Crippen LogP contribution in [-0.4, -0.2) is 37.8 Å². The number of carbonyl (C=O) groups is 1. The highest BCUT2D eigenvalue weighted by atomic mass is 35.5. The molecule has 0 aliphatic rings. The number of nitrogens with zero attached hydrogens (tertiary/aromatic N) is 1. The van der Waals surface area contributed by atoms with Gasteiger partial charge in [-0.25, -0.2) is 17.5 Å². The number of ether oxygens (including phenoxy) is 1. The van der Waals surface area contributed by atoms with Gasteiger partial charge in [-0.2, -0.15) is 0 Å². The van der Waals surface area contributed by atoms with Gasteiger partial charge in [0.15, 0.2) is 0 Å². The van der Waals surface area contributed by atoms with Gasteiger partial charge in [-0.3, -0.25) is 0 Å². The summed E-state index contributed by atoms with van der Waals surface area (Å²) in [6.07, 6.45) is 0. The Kier molecular flexibility index (Phi) is 4.59. The Morgan fingerprint density at radius 3 is 2.64 bits per heavy atom. The minimum absolute atomic E-state index is 0.135. The van der Waals surface area contributed by atoms with Crippen molar-refractivity contribution >= 4 is 38.5 Å². The molecular weight excluding hydrogens is 368 g/mol. The summed E-state index contributed by atoms with van der Waals surface area (Å²) in [7, 11) is -0.875. The van der Waals surface area contributed by atoms with Crippen LogP contribution in [0.25, 0.3) is 10.9 Å². The van der Waals surface area contributed by atoms with E-state index >= 15 is 0 Å². The zero-order valence-electron chi connectivity index (χ0n) is 13.4. The first-order valence-corrected chi connectivity index (χ1v) is 9.07. The van der Waals surface area contributed by atoms with Crippen molar-refractivity contribution < 1.29 is 22.4 Å². The van der Waals surface area contributed by atoms with Gasteiger partial charge in [0.25, 0.3) is 10.0 Å². The van der Waals surface area contributed by atoms with Crippen LogP contribution in [-0.2, 0) is 21.4 Å². The lowest BCUT2D eigenvalue weighted by atomic mass is 10.2. The van der Waals surface area contributed by atoms with Crippen LogP contribution in [0.1, 0.15) is 16.2 Å². The summed E-state index contributed by atoms with van der Waals surface area (Å²) in [5, 5.41) is 0.775. The number of aromatic nitrogens is 1. The highest BCUT2D eigenvalue weighted by molar-refractivity contribution is 7.88. The quantitative estimate of drug-likeness (QED) is 0.684. The molecule has 0 radical (unpaired) electrons. The lowest BCUT2D eigenvalue weighted by Crippen LogP contribution is -2.21. The number of esters is 1. The molecule has 0 amide bonds. The van der Waals surface area contributed by atoms with Gasteiger partial charge in [0.05, 0.1) is 5.02 Å². The van der Waals surface area contributed by atoms with Gasteiger partial charge in [-0.05, 0) is 18.2 Å². The van der Waals surface area contributed by atoms with Crippen molar-refractivity contribution in [3.05, 3.63) is 52.9 Å². The molecule has 0 fully saturated rings. The molecule has 3 rings (SSSR count). The maximum absolute atomic E-state index is 12.2. The normalized spacial score (nSPS) is 12.0. The fourth-order valence-corrected chi connectivity index (χ4v) is 3.31. The molecule has 9 heteroatoms. The maximum Gasteiger partial charge on any atom is 0.356 e. The molecule has 2 aromatic heterocycles. The zero-order chi connectivity index (χ0) is 18.2. The van der Waals surface area contributed by atoms with Crippen LogP contribution in [0.15, 0.2) is 45.9 Å². The van der Waals surface area contributed by atoms with Gasteiger partial charge in [0, 0.05) is 25.0 Å². The van der Waals surface area contributed by atoms with Gasteiger partial charge < -0.3 is 14.1 Å². The van der Waals surface area contributed by atoms with Crippen molar-refractivity contribution in [2.75, 3.05) is 14.1 Å². The van der Waals surface area contributed by atoms with Crippen molar-refractivity contribution in [1.29, 1.82) is 0 Å². The van der Waals surface area contributed by atoms with E-state index < -0.39 is 16.0 Å². The van der Waals surface area contributed by atoms with Gasteiger partial charge in [0.1, 0.15) is 18.1 Å². The second-order valence-corrected chi connectivity index (χ2v) is 7.90. The van der Waals surface area contributed by atoms with E-state index in [-0.39, 0.29) is 28.2 Å². The highest BCUT2D eigenvalue weighted by Crippen LogP contribution is 2.28. The Balaban J connectivity index is 1.74. The lowest BCUT2D eigenvalue weighted by molar-refractivity contribution is 0.0435. The molecule has 132 valence electrons. The molecule has 0 atom stereocenters. The number of fused-ring (bicyclic) bond motifs is 1. The average Bonchev–Trinajstić information content (AvgIpc) is 3.18. The summed E-state index contributed by atoms with van der Waals surface area (Å²) in [5.41, 5.74) is 0.854. The monoisotopic (exact) mass is 382 g/mol. The summed E-state index contributed by atoms with van der Waals surface area (Å²) in [5.74, 6) is -0.448. The summed E-state index contributed by atoms with van der Waals surface area (Å²) in [6, 6.07) is 9.97. The van der Waals surface area contributed by atoms with Crippen molar-refractivity contribution in [2.24, 2.45) is 0 Å². The van der Waals surface area contributed by atoms with E-state index in [9.17, 15) is 13.2 Å². The van der Waals surface area contributed by atoms with E-state index in [1.165, 1.54) is 26.2 Å². The molecule has 3 aromatic rings. The molecule has 1 aromatic carbocycles. The summed E-state index contributed by atoms with van der Waals surface area (Å²) >= 11 is 6.19. The first-order chi connectivity index (χ1) is 11.8. The van der Waals surface area contributed by atoms with Crippen LogP contribution >= 0.6 is 11.6 Å². The number of benzene rings is 1. The Morgan fingerprint density at radius 2 is 1.96 bits per heavy atom. The number of nitrogens with one attached hydrogen (secondary N) is 1. The number of furan rings is 1. The molecule has 0 saturated carbocycles. The van der Waals surface area contributed by atoms with Crippen molar-refractivity contribution in [3.63, 3.8) is 0 Å². The number of aromatic amines is 1. The number of rotatable bonds is 5. The van der Waals surface area contributed by atoms with Crippen molar-refractivity contribution in [1.82, 2.24) is 9.29 Å². The van der Waals surface area contributed by atoms with E-state index in [4.69, 9.17) is 20.8 Å². The van der Waals surface area contributed by atoms with Gasteiger partial charge in [-0.1, -0.05) is 29.8 Å². The van der Waals surface area contributed by atoms with E-state index in [0.29, 0.717) is 5.39 Å². The van der Waals surface area contributed by atoms with Crippen LogP contribution in [0, 0.1) is 0 Å². The second kappa shape index (κ2) is 6.55. The van der Waals surface area contributed by atoms with Crippen LogP contribution in [0.3, 0.4) is 0 Å². The molecular formula is C16H15ClN2O5S. The molecule has 1 N–H and O–H groups in total. The van der Waals surface area contributed by atoms with E-state index in [1.54, 1.807) is 12.1 Å². The van der Waals surface area contributed by atoms with Gasteiger partial charge in [0.2, 0.25) is 5.09 Å². The number of hydrogen-bond donors (Lipinski definition) is 1. The van der Waals surface area contributed by atoms with Crippen molar-refractivity contribution in [2.45, 2.75) is 11.7 Å². The van der Waals surface area contributed by atoms with Gasteiger partial charge >= 0.3 is 5.97 Å². The molecule has 0 unspecified atom stereocenters. The fraction of sp³-hybridized carbons (Fsp3) is 0.188.